The van der Waals surface area contributed by atoms with E-state index in [1.54, 1.807) is 4.31 Å². The minimum atomic E-state index is -3.02. The van der Waals surface area contributed by atoms with Gasteiger partial charge >= 0.3 is 0 Å². The van der Waals surface area contributed by atoms with E-state index < -0.39 is 10.0 Å². The van der Waals surface area contributed by atoms with Crippen LogP contribution < -0.4 is 0 Å². The van der Waals surface area contributed by atoms with Crippen molar-refractivity contribution in [3.8, 4) is 0 Å². The first-order chi connectivity index (χ1) is 8.31. The standard InChI is InChI=1S/C14H25NO2S/c1-11(2)13-8-14(9-13,10-13)18(16,17)15-6-4-12(3)5-7-15/h11-12H,4-10H2,1-3H3. The number of nitrogens with zero attached hydrogens (tertiary/aromatic N) is 1. The van der Waals surface area contributed by atoms with Crippen molar-refractivity contribution in [2.45, 2.75) is 57.6 Å². The zero-order valence-electron chi connectivity index (χ0n) is 11.8. The number of sulfonamides is 1. The number of hydrogen-bond acceptors (Lipinski definition) is 2. The van der Waals surface area contributed by atoms with Crippen molar-refractivity contribution in [3.63, 3.8) is 0 Å². The third-order valence-corrected chi connectivity index (χ3v) is 8.45. The zero-order valence-corrected chi connectivity index (χ0v) is 12.6. The van der Waals surface area contributed by atoms with Gasteiger partial charge in [-0.2, -0.15) is 0 Å². The van der Waals surface area contributed by atoms with Crippen LogP contribution in [0.2, 0.25) is 0 Å². The van der Waals surface area contributed by atoms with Gasteiger partial charge in [-0.15, -0.1) is 0 Å². The van der Waals surface area contributed by atoms with E-state index in [4.69, 9.17) is 0 Å². The molecule has 0 aromatic rings. The Morgan fingerprint density at radius 3 is 2.06 bits per heavy atom. The molecule has 1 saturated heterocycles. The maximum Gasteiger partial charge on any atom is 0.219 e. The van der Waals surface area contributed by atoms with Crippen molar-refractivity contribution in [3.05, 3.63) is 0 Å². The van der Waals surface area contributed by atoms with Crippen LogP contribution in [0.3, 0.4) is 0 Å². The lowest BCUT2D eigenvalue weighted by atomic mass is 9.40. The first kappa shape index (κ1) is 12.9. The Morgan fingerprint density at radius 2 is 1.61 bits per heavy atom. The molecule has 3 aliphatic carbocycles. The van der Waals surface area contributed by atoms with E-state index in [-0.39, 0.29) is 4.75 Å². The second-order valence-electron chi connectivity index (χ2n) is 7.32. The quantitative estimate of drug-likeness (QED) is 0.791. The fourth-order valence-electron chi connectivity index (χ4n) is 4.15. The van der Waals surface area contributed by atoms with Crippen molar-refractivity contribution in [1.29, 1.82) is 0 Å². The summed E-state index contributed by atoms with van der Waals surface area (Å²) in [5, 5.41) is 0. The Balaban J connectivity index is 1.71. The monoisotopic (exact) mass is 271 g/mol. The predicted octanol–water partition coefficient (Wildman–Crippen LogP) is 2.63. The second kappa shape index (κ2) is 3.72. The van der Waals surface area contributed by atoms with E-state index in [9.17, 15) is 8.42 Å². The van der Waals surface area contributed by atoms with E-state index in [0.717, 1.165) is 45.2 Å². The number of hydrogen-bond donors (Lipinski definition) is 0. The molecule has 18 heavy (non-hydrogen) atoms. The topological polar surface area (TPSA) is 37.4 Å². The summed E-state index contributed by atoms with van der Waals surface area (Å²) in [6.07, 6.45) is 4.83. The normalized spacial score (nSPS) is 41.6. The Hall–Kier alpha value is -0.0900. The highest BCUT2D eigenvalue weighted by Crippen LogP contribution is 2.74. The first-order valence-electron chi connectivity index (χ1n) is 7.31. The van der Waals surface area contributed by atoms with Crippen LogP contribution in [0.1, 0.15) is 52.9 Å². The summed E-state index contributed by atoms with van der Waals surface area (Å²) in [6, 6.07) is 0. The van der Waals surface area contributed by atoms with E-state index in [2.05, 4.69) is 20.8 Å². The van der Waals surface area contributed by atoms with Crippen LogP contribution in [-0.4, -0.2) is 30.6 Å². The molecule has 0 amide bonds. The summed E-state index contributed by atoms with van der Waals surface area (Å²) in [6.45, 7) is 8.19. The number of piperidine rings is 1. The van der Waals surface area contributed by atoms with Gasteiger partial charge in [0.1, 0.15) is 0 Å². The molecule has 4 fully saturated rings. The molecule has 1 heterocycles. The van der Waals surface area contributed by atoms with Crippen molar-refractivity contribution in [2.75, 3.05) is 13.1 Å². The van der Waals surface area contributed by atoms with E-state index in [0.29, 0.717) is 17.3 Å². The molecule has 0 radical (unpaired) electrons. The maximum absolute atomic E-state index is 12.7. The molecule has 0 aromatic carbocycles. The second-order valence-corrected chi connectivity index (χ2v) is 9.65. The molecule has 0 atom stereocenters. The lowest BCUT2D eigenvalue weighted by Crippen LogP contribution is -2.74. The van der Waals surface area contributed by atoms with Crippen LogP contribution in [0, 0.1) is 17.3 Å². The molecule has 4 aliphatic rings. The van der Waals surface area contributed by atoms with Gasteiger partial charge in [-0.1, -0.05) is 20.8 Å². The molecular weight excluding hydrogens is 246 g/mol. The molecule has 4 rings (SSSR count). The van der Waals surface area contributed by atoms with Gasteiger partial charge in [0.25, 0.3) is 0 Å². The molecule has 3 nitrogen and oxygen atoms in total. The maximum atomic E-state index is 12.7. The summed E-state index contributed by atoms with van der Waals surface area (Å²) >= 11 is 0. The van der Waals surface area contributed by atoms with Gasteiger partial charge in [0.2, 0.25) is 10.0 Å². The lowest BCUT2D eigenvalue weighted by molar-refractivity contribution is -0.121. The molecule has 2 bridgehead atoms. The first-order valence-corrected chi connectivity index (χ1v) is 8.75. The Bertz CT molecular complexity index is 427. The summed E-state index contributed by atoms with van der Waals surface area (Å²) in [7, 11) is -3.02. The fraction of sp³-hybridized carbons (Fsp3) is 1.00. The SMILES string of the molecule is CC1CCN(S(=O)(=O)C23CC(C(C)C)(C2)C3)CC1. The van der Waals surface area contributed by atoms with Gasteiger partial charge in [-0.3, -0.25) is 0 Å². The minimum absolute atomic E-state index is 0.349. The smallest absolute Gasteiger partial charge is 0.212 e. The predicted molar refractivity (Wildman–Crippen MR) is 72.7 cm³/mol. The number of rotatable bonds is 3. The van der Waals surface area contributed by atoms with E-state index in [1.165, 1.54) is 0 Å². The van der Waals surface area contributed by atoms with Crippen molar-refractivity contribution >= 4 is 10.0 Å². The molecule has 0 unspecified atom stereocenters. The zero-order chi connectivity index (χ0) is 13.2. The lowest BCUT2D eigenvalue weighted by Gasteiger charge is -2.72. The third kappa shape index (κ3) is 1.48. The van der Waals surface area contributed by atoms with Crippen LogP contribution in [-0.2, 0) is 10.0 Å². The molecule has 0 aromatic heterocycles. The summed E-state index contributed by atoms with van der Waals surface area (Å²) in [5.41, 5.74) is 0.371. The van der Waals surface area contributed by atoms with Gasteiger partial charge in [0.05, 0.1) is 4.75 Å². The van der Waals surface area contributed by atoms with Crippen LogP contribution in [0.4, 0.5) is 0 Å². The Labute approximate surface area is 111 Å². The van der Waals surface area contributed by atoms with Crippen molar-refractivity contribution in [2.24, 2.45) is 17.3 Å². The molecule has 1 aliphatic heterocycles. The highest BCUT2D eigenvalue weighted by molar-refractivity contribution is 7.90. The molecule has 3 saturated carbocycles. The van der Waals surface area contributed by atoms with Crippen LogP contribution in [0.5, 0.6) is 0 Å². The average Bonchev–Trinajstić information content (AvgIpc) is 2.12. The molecule has 0 spiro atoms. The van der Waals surface area contributed by atoms with E-state index >= 15 is 0 Å². The molecular formula is C14H25NO2S. The van der Waals surface area contributed by atoms with Crippen molar-refractivity contribution < 1.29 is 8.42 Å². The summed E-state index contributed by atoms with van der Waals surface area (Å²) in [5.74, 6) is 1.32. The van der Waals surface area contributed by atoms with Gasteiger partial charge < -0.3 is 0 Å². The van der Waals surface area contributed by atoms with Crippen LogP contribution in [0.25, 0.3) is 0 Å². The molecule has 4 heteroatoms. The largest absolute Gasteiger partial charge is 0.219 e. The van der Waals surface area contributed by atoms with Crippen LogP contribution >= 0.6 is 0 Å². The van der Waals surface area contributed by atoms with Gasteiger partial charge in [0.15, 0.2) is 0 Å². The summed E-state index contributed by atoms with van der Waals surface area (Å²) < 4.78 is 26.9. The Kier molecular flexibility index (Phi) is 2.67. The third-order valence-electron chi connectivity index (χ3n) is 5.88. The molecule has 104 valence electrons. The average molecular weight is 271 g/mol. The summed E-state index contributed by atoms with van der Waals surface area (Å²) in [4.78, 5) is 0. The highest BCUT2D eigenvalue weighted by atomic mass is 32.2. The van der Waals surface area contributed by atoms with Crippen molar-refractivity contribution in [1.82, 2.24) is 4.31 Å². The van der Waals surface area contributed by atoms with Gasteiger partial charge in [0, 0.05) is 13.1 Å². The van der Waals surface area contributed by atoms with Gasteiger partial charge in [-0.05, 0) is 49.4 Å². The van der Waals surface area contributed by atoms with Gasteiger partial charge in [-0.25, -0.2) is 12.7 Å². The Morgan fingerprint density at radius 1 is 1.11 bits per heavy atom. The fourth-order valence-corrected chi connectivity index (χ4v) is 6.80. The molecule has 0 N–H and O–H groups in total. The van der Waals surface area contributed by atoms with E-state index in [1.807, 2.05) is 0 Å². The van der Waals surface area contributed by atoms with Crippen LogP contribution in [0.15, 0.2) is 0 Å². The highest BCUT2D eigenvalue weighted by Gasteiger charge is 2.75. The minimum Gasteiger partial charge on any atom is -0.212 e.